The third-order valence-electron chi connectivity index (χ3n) is 7.75. The minimum absolute atomic E-state index is 0.0204. The summed E-state index contributed by atoms with van der Waals surface area (Å²) in [4.78, 5) is -16.4. The molecule has 0 bridgehead atoms. The molecular formula is C26H10F20N4S8. The van der Waals surface area contributed by atoms with Crippen LogP contribution in [0.5, 0.6) is 0 Å². The molecule has 4 nitrogen and oxygen atoms in total. The molecule has 0 atom stereocenters. The van der Waals surface area contributed by atoms with Crippen molar-refractivity contribution in [2.75, 3.05) is 0 Å². The van der Waals surface area contributed by atoms with E-state index in [4.69, 9.17) is 0 Å². The minimum atomic E-state index is -11.4. The SMILES string of the molecule is FS(F)(F)(F)(F)c1ccc(-c2ccc(-c3c4c(c(-c5ccc(-c6ccc(S(F)(F)(F)(F)F)c(S(F)(F)(F)(F)F)c6)s5)c5nsnc35)N=S=N4)s2)cc1S(F)(F)(F)(F)F. The molecule has 0 saturated carbocycles. The molecule has 0 radical (unpaired) electrons. The average molecular weight is 1010 g/mol. The largest absolute Gasteiger partial charge is 0.311 e. The highest BCUT2D eigenvalue weighted by atomic mass is 32.5. The highest BCUT2D eigenvalue weighted by Gasteiger charge is 2.76. The summed E-state index contributed by atoms with van der Waals surface area (Å²) >= 11 is 1.91. The Bertz CT molecular complexity index is 2720. The van der Waals surface area contributed by atoms with Gasteiger partial charge >= 0.3 is 40.9 Å². The number of hydrogen-bond donors (Lipinski definition) is 0. The van der Waals surface area contributed by atoms with E-state index in [1.54, 1.807) is 0 Å². The molecule has 4 heterocycles. The lowest BCUT2D eigenvalue weighted by Crippen LogP contribution is -2.15. The lowest BCUT2D eigenvalue weighted by molar-refractivity contribution is 0.336. The molecule has 0 aliphatic carbocycles. The van der Waals surface area contributed by atoms with Crippen LogP contribution in [0, 0.1) is 0 Å². The van der Waals surface area contributed by atoms with Crippen LogP contribution >= 0.6 is 75.3 Å². The van der Waals surface area contributed by atoms with E-state index in [-0.39, 0.29) is 55.4 Å². The molecule has 3 aromatic heterocycles. The molecule has 58 heavy (non-hydrogen) atoms. The third kappa shape index (κ3) is 8.00. The zero-order chi connectivity index (χ0) is 43.6. The average Bonchev–Trinajstić information content (AvgIpc) is 3.81. The van der Waals surface area contributed by atoms with Gasteiger partial charge in [-0.25, -0.2) is 0 Å². The van der Waals surface area contributed by atoms with Gasteiger partial charge in [-0.2, -0.15) is 17.5 Å². The predicted octanol–water partition coefficient (Wildman–Crippen LogP) is 19.8. The van der Waals surface area contributed by atoms with Crippen molar-refractivity contribution in [1.29, 1.82) is 0 Å². The van der Waals surface area contributed by atoms with Gasteiger partial charge in [0.1, 0.15) is 42.0 Å². The molecule has 0 amide bonds. The summed E-state index contributed by atoms with van der Waals surface area (Å²) in [5.41, 5.74) is -2.43. The Morgan fingerprint density at radius 1 is 0.362 bits per heavy atom. The van der Waals surface area contributed by atoms with Gasteiger partial charge in [-0.05, 0) is 59.7 Å². The van der Waals surface area contributed by atoms with Crippen molar-refractivity contribution in [3.05, 3.63) is 60.7 Å². The molecule has 3 aromatic carbocycles. The number of halogens is 20. The van der Waals surface area contributed by atoms with E-state index in [1.165, 1.54) is 0 Å². The Kier molecular flexibility index (Phi) is 7.31. The van der Waals surface area contributed by atoms with Crippen molar-refractivity contribution in [1.82, 2.24) is 8.75 Å². The van der Waals surface area contributed by atoms with E-state index in [9.17, 15) is 77.7 Å². The third-order valence-corrected chi connectivity index (χ3v) is 16.1. The summed E-state index contributed by atoms with van der Waals surface area (Å²) in [6.45, 7) is 0. The summed E-state index contributed by atoms with van der Waals surface area (Å²) in [6.07, 6.45) is 0. The molecule has 0 saturated heterocycles. The van der Waals surface area contributed by atoms with E-state index in [0.29, 0.717) is 45.8 Å². The van der Waals surface area contributed by atoms with Gasteiger partial charge in [0, 0.05) is 30.6 Å². The van der Waals surface area contributed by atoms with Crippen LogP contribution in [0.1, 0.15) is 0 Å². The van der Waals surface area contributed by atoms with Crippen LogP contribution in [0.3, 0.4) is 0 Å². The first-order valence-corrected chi connectivity index (χ1v) is 25.0. The van der Waals surface area contributed by atoms with Gasteiger partial charge < -0.3 is 0 Å². The summed E-state index contributed by atoms with van der Waals surface area (Å²) in [5.74, 6) is 0. The molecule has 0 fully saturated rings. The van der Waals surface area contributed by atoms with Gasteiger partial charge in [0.05, 0.1) is 23.1 Å². The van der Waals surface area contributed by atoms with E-state index >= 15 is 0 Å². The lowest BCUT2D eigenvalue weighted by atomic mass is 10.0. The summed E-state index contributed by atoms with van der Waals surface area (Å²) in [6, 6.07) is 1.26. The normalized spacial score (nSPS) is 18.8. The smallest absolute Gasteiger partial charge is 0.172 e. The number of benzene rings is 3. The lowest BCUT2D eigenvalue weighted by Gasteiger charge is -2.48. The fourth-order valence-electron chi connectivity index (χ4n) is 5.54. The van der Waals surface area contributed by atoms with Crippen molar-refractivity contribution in [2.45, 2.75) is 19.6 Å². The summed E-state index contributed by atoms with van der Waals surface area (Å²) < 4.78 is 290. The number of nitrogens with zero attached hydrogens (tertiary/aromatic N) is 4. The van der Waals surface area contributed by atoms with Crippen molar-refractivity contribution < 1.29 is 77.7 Å². The molecule has 322 valence electrons. The van der Waals surface area contributed by atoms with Crippen molar-refractivity contribution in [3.8, 4) is 41.8 Å². The van der Waals surface area contributed by atoms with Gasteiger partial charge in [0.2, 0.25) is 0 Å². The molecular weight excluding hydrogens is 1000 g/mol. The standard InChI is InChI=1S/C26H10F20N4S8/c27-55(28,29,30,31)17-7-1-11(9-19(17)57(37,38,39,40)41)13-3-5-15(51-13)21-23-25(49-53-47-23)22(26-24(21)48-54-50-26)16-6-4-14(52-16)12-2-8-18(56(32,33,34,35)36)20(10-12)58(42,43,44,45)46/h1-10H. The van der Waals surface area contributed by atoms with Crippen LogP contribution in [-0.4, -0.2) is 8.75 Å². The molecule has 0 spiro atoms. The molecule has 7 rings (SSSR count). The molecule has 0 N–H and O–H groups in total. The van der Waals surface area contributed by atoms with Crippen molar-refractivity contribution in [2.24, 2.45) is 8.73 Å². The Hall–Kier alpha value is -3.30. The Balaban J connectivity index is 1.36. The fraction of sp³-hybridized carbons (Fsp3) is 0. The van der Waals surface area contributed by atoms with E-state index in [1.807, 2.05) is 0 Å². The van der Waals surface area contributed by atoms with Crippen molar-refractivity contribution in [3.63, 3.8) is 0 Å². The topological polar surface area (TPSA) is 50.5 Å². The number of hydrogen-bond acceptors (Lipinski definition) is 7. The number of rotatable bonds is 8. The predicted molar refractivity (Wildman–Crippen MR) is 192 cm³/mol. The van der Waals surface area contributed by atoms with Gasteiger partial charge in [-0.1, -0.05) is 89.8 Å². The summed E-state index contributed by atoms with van der Waals surface area (Å²) in [5, 5.41) is 0. The van der Waals surface area contributed by atoms with E-state index in [2.05, 4.69) is 17.5 Å². The second-order valence-electron chi connectivity index (χ2n) is 12.2. The maximum atomic E-state index is 13.8. The zero-order valence-electron chi connectivity index (χ0n) is 26.4. The van der Waals surface area contributed by atoms with Crippen LogP contribution in [0.15, 0.2) is 89.0 Å². The second-order valence-corrected chi connectivity index (χ2v) is 24.9. The second kappa shape index (κ2) is 9.91. The molecule has 1 aliphatic rings. The molecule has 32 heteroatoms. The molecule has 6 aromatic rings. The first kappa shape index (κ1) is 42.8. The first-order chi connectivity index (χ1) is 25.3. The Labute approximate surface area is 324 Å². The maximum absolute atomic E-state index is 13.8. The van der Waals surface area contributed by atoms with E-state index < -0.39 is 106 Å². The number of aromatic nitrogens is 2. The quantitative estimate of drug-likeness (QED) is 0.142. The van der Waals surface area contributed by atoms with Gasteiger partial charge in [-0.3, -0.25) is 0 Å². The van der Waals surface area contributed by atoms with Crippen molar-refractivity contribution >= 4 is 109 Å². The molecule has 1 aliphatic heterocycles. The Morgan fingerprint density at radius 3 is 0.983 bits per heavy atom. The highest BCUT2D eigenvalue weighted by molar-refractivity contribution is 8.49. The van der Waals surface area contributed by atoms with Gasteiger partial charge in [0.15, 0.2) is 0 Å². The van der Waals surface area contributed by atoms with Crippen LogP contribution in [0.25, 0.3) is 52.8 Å². The van der Waals surface area contributed by atoms with Crippen LogP contribution in [0.2, 0.25) is 0 Å². The fourth-order valence-corrected chi connectivity index (χ4v) is 13.8. The Morgan fingerprint density at radius 2 is 0.672 bits per heavy atom. The van der Waals surface area contributed by atoms with Gasteiger partial charge in [0.25, 0.3) is 0 Å². The summed E-state index contributed by atoms with van der Waals surface area (Å²) in [7, 11) is -45.6. The maximum Gasteiger partial charge on any atom is 0.311 e. The van der Waals surface area contributed by atoms with Crippen LogP contribution in [-0.2, 0) is 11.4 Å². The first-order valence-electron chi connectivity index (χ1n) is 14.1. The number of thiophene rings is 2. The number of fused-ring (bicyclic) bond motifs is 2. The van der Waals surface area contributed by atoms with Crippen LogP contribution in [0.4, 0.5) is 89.1 Å². The highest BCUT2D eigenvalue weighted by Crippen LogP contribution is 3.10. The van der Waals surface area contributed by atoms with Gasteiger partial charge in [-0.15, -0.1) is 22.7 Å². The monoisotopic (exact) mass is 1010 g/mol. The molecule has 0 unspecified atom stereocenters. The zero-order valence-corrected chi connectivity index (χ0v) is 32.9. The minimum Gasteiger partial charge on any atom is -0.172 e. The van der Waals surface area contributed by atoms with Crippen LogP contribution < -0.4 is 0 Å². The van der Waals surface area contributed by atoms with E-state index in [0.717, 1.165) is 24.3 Å².